The first kappa shape index (κ1) is 35.8. The number of fused-ring (bicyclic) bond motifs is 12. The number of aromatic nitrogens is 1. The van der Waals surface area contributed by atoms with Crippen LogP contribution in [0.3, 0.4) is 0 Å². The van der Waals surface area contributed by atoms with Crippen molar-refractivity contribution in [3.8, 4) is 27.9 Å². The molecule has 5 nitrogen and oxygen atoms in total. The topological polar surface area (TPSA) is 47.6 Å². The van der Waals surface area contributed by atoms with Crippen LogP contribution in [-0.2, 0) is 0 Å². The fourth-order valence-corrected chi connectivity index (χ4v) is 10.3. The van der Waals surface area contributed by atoms with Crippen LogP contribution in [0.1, 0.15) is 0 Å². The van der Waals surface area contributed by atoms with Crippen molar-refractivity contribution in [3.05, 3.63) is 218 Å². The second-order valence-corrected chi connectivity index (χ2v) is 16.8. The number of para-hydroxylation sites is 7. The molecule has 0 fully saturated rings. The first-order valence-electron chi connectivity index (χ1n) is 22.0. The van der Waals surface area contributed by atoms with Crippen LogP contribution in [0.2, 0.25) is 0 Å². The van der Waals surface area contributed by atoms with Gasteiger partial charge in [0.05, 0.1) is 27.8 Å². The second kappa shape index (κ2) is 13.9. The molecular weight excluding hydrogens is 797 g/mol. The second-order valence-electron chi connectivity index (χ2n) is 16.8. The van der Waals surface area contributed by atoms with Crippen molar-refractivity contribution in [2.75, 3.05) is 4.90 Å². The number of hydrogen-bond acceptors (Lipinski definition) is 4. The molecule has 4 heterocycles. The van der Waals surface area contributed by atoms with Crippen LogP contribution in [-0.4, -0.2) is 4.57 Å². The van der Waals surface area contributed by atoms with Crippen molar-refractivity contribution in [1.29, 1.82) is 0 Å². The van der Waals surface area contributed by atoms with E-state index < -0.39 is 0 Å². The molecule has 10 aromatic carbocycles. The van der Waals surface area contributed by atoms with Gasteiger partial charge in [0.25, 0.3) is 0 Å². The maximum Gasteiger partial charge on any atom is 0.159 e. The monoisotopic (exact) mass is 832 g/mol. The van der Waals surface area contributed by atoms with E-state index in [-0.39, 0.29) is 0 Å². The van der Waals surface area contributed by atoms with E-state index in [2.05, 4.69) is 198 Å². The van der Waals surface area contributed by atoms with Crippen molar-refractivity contribution >= 4 is 105 Å². The Morgan fingerprint density at radius 1 is 0.323 bits per heavy atom. The number of nitrogens with zero attached hydrogens (tertiary/aromatic N) is 2. The zero-order valence-electron chi connectivity index (χ0n) is 34.9. The van der Waals surface area contributed by atoms with Crippen LogP contribution in [0.5, 0.6) is 0 Å². The molecule has 0 aliphatic heterocycles. The SMILES string of the molecule is c1cc(-c2ccc(N(c3ccc(-c4cccc5c4oc4ccccc45)cc3)c3cccc4c3oc3ccccc34)c3c2oc2ccccc23)cc(-n2c3ccccc3c3ccccc32)c1. The summed E-state index contributed by atoms with van der Waals surface area (Å²) in [7, 11) is 0. The molecule has 14 rings (SSSR count). The molecule has 0 aliphatic rings. The lowest BCUT2D eigenvalue weighted by Gasteiger charge is -2.27. The summed E-state index contributed by atoms with van der Waals surface area (Å²) >= 11 is 0. The van der Waals surface area contributed by atoms with Crippen LogP contribution in [0.25, 0.3) is 116 Å². The summed E-state index contributed by atoms with van der Waals surface area (Å²) in [5.41, 5.74) is 15.6. The summed E-state index contributed by atoms with van der Waals surface area (Å²) in [5, 5.41) is 8.88. The molecular formula is C60H36N2O3. The summed E-state index contributed by atoms with van der Waals surface area (Å²) in [6.45, 7) is 0. The molecule has 0 spiro atoms. The lowest BCUT2D eigenvalue weighted by Crippen LogP contribution is -2.11. The predicted octanol–water partition coefficient (Wildman–Crippen LogP) is 17.3. The Morgan fingerprint density at radius 2 is 0.846 bits per heavy atom. The largest absolute Gasteiger partial charge is 0.455 e. The Bertz CT molecular complexity index is 4150. The molecule has 304 valence electrons. The first-order chi connectivity index (χ1) is 32.2. The van der Waals surface area contributed by atoms with Gasteiger partial charge in [0.15, 0.2) is 5.58 Å². The maximum atomic E-state index is 6.98. The minimum absolute atomic E-state index is 0.814. The fourth-order valence-electron chi connectivity index (χ4n) is 10.3. The minimum Gasteiger partial charge on any atom is -0.455 e. The van der Waals surface area contributed by atoms with Crippen molar-refractivity contribution in [2.45, 2.75) is 0 Å². The number of anilines is 3. The summed E-state index contributed by atoms with van der Waals surface area (Å²) in [6.07, 6.45) is 0. The molecule has 5 heteroatoms. The lowest BCUT2D eigenvalue weighted by molar-refractivity contribution is 0.668. The Balaban J connectivity index is 0.990. The van der Waals surface area contributed by atoms with Gasteiger partial charge in [-0.15, -0.1) is 0 Å². The normalized spacial score (nSPS) is 12.0. The number of rotatable bonds is 6. The molecule has 4 aromatic heterocycles. The summed E-state index contributed by atoms with van der Waals surface area (Å²) in [4.78, 5) is 2.33. The highest BCUT2D eigenvalue weighted by Crippen LogP contribution is 2.49. The lowest BCUT2D eigenvalue weighted by atomic mass is 9.98. The van der Waals surface area contributed by atoms with Gasteiger partial charge in [-0.2, -0.15) is 0 Å². The highest BCUT2D eigenvalue weighted by atomic mass is 16.3. The van der Waals surface area contributed by atoms with Crippen LogP contribution >= 0.6 is 0 Å². The van der Waals surface area contributed by atoms with Gasteiger partial charge >= 0.3 is 0 Å². The smallest absolute Gasteiger partial charge is 0.159 e. The Labute approximate surface area is 372 Å². The quantitative estimate of drug-likeness (QED) is 0.167. The van der Waals surface area contributed by atoms with Crippen molar-refractivity contribution < 1.29 is 13.3 Å². The van der Waals surface area contributed by atoms with Crippen molar-refractivity contribution in [2.24, 2.45) is 0 Å². The van der Waals surface area contributed by atoms with Gasteiger partial charge in [0, 0.05) is 60.2 Å². The Morgan fingerprint density at radius 3 is 1.55 bits per heavy atom. The first-order valence-corrected chi connectivity index (χ1v) is 22.0. The fraction of sp³-hybridized carbons (Fsp3) is 0. The van der Waals surface area contributed by atoms with E-state index in [1.165, 1.54) is 21.8 Å². The van der Waals surface area contributed by atoms with E-state index in [0.29, 0.717) is 0 Å². The number of benzene rings is 10. The van der Waals surface area contributed by atoms with Gasteiger partial charge in [-0.3, -0.25) is 0 Å². The summed E-state index contributed by atoms with van der Waals surface area (Å²) in [6, 6.07) is 77.1. The van der Waals surface area contributed by atoms with Crippen molar-refractivity contribution in [1.82, 2.24) is 4.57 Å². The summed E-state index contributed by atoms with van der Waals surface area (Å²) in [5.74, 6) is 0. The van der Waals surface area contributed by atoms with Crippen LogP contribution in [0, 0.1) is 0 Å². The van der Waals surface area contributed by atoms with Gasteiger partial charge in [-0.05, 0) is 83.9 Å². The third-order valence-electron chi connectivity index (χ3n) is 13.2. The third kappa shape index (κ3) is 5.33. The maximum absolute atomic E-state index is 6.98. The standard InChI is InChI=1S/C60H36N2O3/c1-6-24-50-43(16-1)44-17-2-7-25-51(44)62(50)40-15-11-14-38(36-40)42-34-35-52(57-49-20-5-10-29-56(49)65-60(42)57)61(53-26-13-23-48-46-19-4-9-28-55(46)64-59(48)53)39-32-30-37(31-33-39)41-21-12-22-47-45-18-3-8-27-54(45)63-58(41)47/h1-36H. The van der Waals surface area contributed by atoms with E-state index in [1.54, 1.807) is 0 Å². The minimum atomic E-state index is 0.814. The highest BCUT2D eigenvalue weighted by Gasteiger charge is 2.26. The van der Waals surface area contributed by atoms with Crippen molar-refractivity contribution in [3.63, 3.8) is 0 Å². The molecule has 0 aliphatic carbocycles. The van der Waals surface area contributed by atoms with E-state index in [4.69, 9.17) is 13.3 Å². The molecule has 0 saturated carbocycles. The molecule has 14 aromatic rings. The van der Waals surface area contributed by atoms with Gasteiger partial charge in [-0.25, -0.2) is 0 Å². The van der Waals surface area contributed by atoms with E-state index in [9.17, 15) is 0 Å². The zero-order valence-corrected chi connectivity index (χ0v) is 34.9. The molecule has 0 bridgehead atoms. The molecule has 0 N–H and O–H groups in total. The van der Waals surface area contributed by atoms with Gasteiger partial charge in [0.1, 0.15) is 27.9 Å². The molecule has 0 atom stereocenters. The van der Waals surface area contributed by atoms with Crippen LogP contribution < -0.4 is 4.90 Å². The predicted molar refractivity (Wildman–Crippen MR) is 268 cm³/mol. The molecule has 0 saturated heterocycles. The van der Waals surface area contributed by atoms with Crippen LogP contribution in [0.4, 0.5) is 17.1 Å². The average Bonchev–Trinajstić information content (AvgIpc) is 4.14. The third-order valence-corrected chi connectivity index (χ3v) is 13.2. The molecule has 0 radical (unpaired) electrons. The number of hydrogen-bond donors (Lipinski definition) is 0. The van der Waals surface area contributed by atoms with Gasteiger partial charge < -0.3 is 22.7 Å². The average molecular weight is 833 g/mol. The number of furan rings is 3. The van der Waals surface area contributed by atoms with E-state index in [0.717, 1.165) is 111 Å². The van der Waals surface area contributed by atoms with E-state index >= 15 is 0 Å². The van der Waals surface area contributed by atoms with Crippen LogP contribution in [0.15, 0.2) is 232 Å². The molecule has 0 unspecified atom stereocenters. The van der Waals surface area contributed by atoms with Gasteiger partial charge in [-0.1, -0.05) is 146 Å². The molecule has 0 amide bonds. The Kier molecular flexibility index (Phi) is 7.62. The van der Waals surface area contributed by atoms with E-state index in [1.807, 2.05) is 30.3 Å². The van der Waals surface area contributed by atoms with Gasteiger partial charge in [0.2, 0.25) is 0 Å². The molecule has 65 heavy (non-hydrogen) atoms. The Hall–Kier alpha value is -8.80. The summed E-state index contributed by atoms with van der Waals surface area (Å²) < 4.78 is 22.6. The zero-order chi connectivity index (χ0) is 42.6. The highest BCUT2D eigenvalue weighted by molar-refractivity contribution is 6.19.